The molecule has 31 heavy (non-hydrogen) atoms. The van der Waals surface area contributed by atoms with Gasteiger partial charge in [0.25, 0.3) is 11.8 Å². The number of hydrogen-bond donors (Lipinski definition) is 0. The molecule has 4 rings (SSSR count). The highest BCUT2D eigenvalue weighted by molar-refractivity contribution is 5.95. The summed E-state index contributed by atoms with van der Waals surface area (Å²) in [5, 5.41) is 0. The number of carbonyl (C=O) groups is 2. The monoisotopic (exact) mass is 426 g/mol. The summed E-state index contributed by atoms with van der Waals surface area (Å²) >= 11 is 0. The van der Waals surface area contributed by atoms with E-state index in [9.17, 15) is 9.59 Å². The maximum Gasteiger partial charge on any atom is 0.267 e. The second kappa shape index (κ2) is 9.16. The molecule has 0 aromatic heterocycles. The largest absolute Gasteiger partial charge is 0.493 e. The molecule has 2 aromatic rings. The number of nitrogens with zero attached hydrogens (tertiary/aromatic N) is 2. The molecule has 0 aliphatic carbocycles. The third-order valence-electron chi connectivity index (χ3n) is 5.51. The van der Waals surface area contributed by atoms with Crippen LogP contribution in [0, 0.1) is 0 Å². The smallest absolute Gasteiger partial charge is 0.267 e. The highest BCUT2D eigenvalue weighted by Gasteiger charge is 2.32. The number of fused-ring (bicyclic) bond motifs is 1. The fourth-order valence-corrected chi connectivity index (χ4v) is 3.84. The predicted octanol–water partition coefficient (Wildman–Crippen LogP) is 2.22. The van der Waals surface area contributed by atoms with Gasteiger partial charge >= 0.3 is 0 Å². The van der Waals surface area contributed by atoms with Crippen molar-refractivity contribution in [3.63, 3.8) is 0 Å². The maximum absolute atomic E-state index is 13.0. The Labute approximate surface area is 181 Å². The topological polar surface area (TPSA) is 77.5 Å². The van der Waals surface area contributed by atoms with E-state index < -0.39 is 6.10 Å². The van der Waals surface area contributed by atoms with Gasteiger partial charge in [-0.25, -0.2) is 0 Å². The minimum absolute atomic E-state index is 0.0959. The predicted molar refractivity (Wildman–Crippen MR) is 113 cm³/mol. The molecule has 8 heteroatoms. The van der Waals surface area contributed by atoms with E-state index in [2.05, 4.69) is 0 Å². The maximum atomic E-state index is 13.0. The number of benzene rings is 2. The highest BCUT2D eigenvalue weighted by atomic mass is 16.6. The van der Waals surface area contributed by atoms with Gasteiger partial charge in [-0.1, -0.05) is 12.1 Å². The summed E-state index contributed by atoms with van der Waals surface area (Å²) in [6.45, 7) is 2.21. The van der Waals surface area contributed by atoms with Crippen LogP contribution in [0.1, 0.15) is 16.8 Å². The van der Waals surface area contributed by atoms with Crippen LogP contribution in [0.5, 0.6) is 23.0 Å². The summed E-state index contributed by atoms with van der Waals surface area (Å²) in [6, 6.07) is 12.4. The van der Waals surface area contributed by atoms with Crippen molar-refractivity contribution in [3.8, 4) is 23.0 Å². The third kappa shape index (κ3) is 4.38. The van der Waals surface area contributed by atoms with Crippen LogP contribution < -0.4 is 18.9 Å². The molecule has 0 saturated carbocycles. The molecule has 1 fully saturated rings. The Morgan fingerprint density at radius 2 is 1.61 bits per heavy atom. The SMILES string of the molecule is COc1ccc(C(=O)N2CCCN(C(=O)C3COc4ccccc4O3)CC2)cc1OC. The van der Waals surface area contributed by atoms with Crippen LogP contribution in [-0.4, -0.2) is 74.7 Å². The average molecular weight is 426 g/mol. The van der Waals surface area contributed by atoms with Crippen LogP contribution in [-0.2, 0) is 4.79 Å². The molecule has 1 atom stereocenters. The number of methoxy groups -OCH3 is 2. The number of rotatable bonds is 4. The Morgan fingerprint density at radius 3 is 2.39 bits per heavy atom. The number of amides is 2. The van der Waals surface area contributed by atoms with E-state index in [0.29, 0.717) is 61.2 Å². The second-order valence-corrected chi connectivity index (χ2v) is 7.41. The summed E-state index contributed by atoms with van der Waals surface area (Å²) in [5.74, 6) is 2.09. The van der Waals surface area contributed by atoms with Gasteiger partial charge in [0.15, 0.2) is 23.0 Å². The molecule has 2 aliphatic heterocycles. The van der Waals surface area contributed by atoms with Crippen LogP contribution >= 0.6 is 0 Å². The first-order valence-electron chi connectivity index (χ1n) is 10.3. The lowest BCUT2D eigenvalue weighted by molar-refractivity contribution is -0.141. The fourth-order valence-electron chi connectivity index (χ4n) is 3.84. The summed E-state index contributed by atoms with van der Waals surface area (Å²) in [4.78, 5) is 29.5. The second-order valence-electron chi connectivity index (χ2n) is 7.41. The van der Waals surface area contributed by atoms with Crippen molar-refractivity contribution in [2.45, 2.75) is 12.5 Å². The van der Waals surface area contributed by atoms with Crippen LogP contribution in [0.25, 0.3) is 0 Å². The Bertz CT molecular complexity index is 963. The van der Waals surface area contributed by atoms with Crippen molar-refractivity contribution in [2.24, 2.45) is 0 Å². The van der Waals surface area contributed by atoms with E-state index >= 15 is 0 Å². The van der Waals surface area contributed by atoms with E-state index in [1.165, 1.54) is 7.11 Å². The molecule has 164 valence electrons. The van der Waals surface area contributed by atoms with Gasteiger partial charge in [0.1, 0.15) is 6.61 Å². The third-order valence-corrected chi connectivity index (χ3v) is 5.51. The van der Waals surface area contributed by atoms with Crippen molar-refractivity contribution in [3.05, 3.63) is 48.0 Å². The van der Waals surface area contributed by atoms with E-state index in [1.54, 1.807) is 41.2 Å². The van der Waals surface area contributed by atoms with E-state index in [4.69, 9.17) is 18.9 Å². The Kier molecular flexibility index (Phi) is 6.16. The van der Waals surface area contributed by atoms with Gasteiger partial charge in [-0.05, 0) is 36.8 Å². The highest BCUT2D eigenvalue weighted by Crippen LogP contribution is 2.31. The Balaban J connectivity index is 1.39. The Morgan fingerprint density at radius 1 is 0.903 bits per heavy atom. The first-order chi connectivity index (χ1) is 15.1. The zero-order valence-electron chi connectivity index (χ0n) is 17.7. The van der Waals surface area contributed by atoms with Gasteiger partial charge in [0.05, 0.1) is 14.2 Å². The van der Waals surface area contributed by atoms with Gasteiger partial charge < -0.3 is 28.7 Å². The minimum Gasteiger partial charge on any atom is -0.493 e. The molecular formula is C23H26N2O6. The van der Waals surface area contributed by atoms with Crippen LogP contribution in [0.3, 0.4) is 0 Å². The molecule has 2 aliphatic rings. The molecule has 2 amide bonds. The molecule has 2 aromatic carbocycles. The molecule has 8 nitrogen and oxygen atoms in total. The van der Waals surface area contributed by atoms with Gasteiger partial charge in [-0.2, -0.15) is 0 Å². The van der Waals surface area contributed by atoms with Gasteiger partial charge in [-0.3, -0.25) is 9.59 Å². The average Bonchev–Trinajstić information content (AvgIpc) is 3.08. The van der Waals surface area contributed by atoms with Gasteiger partial charge in [0, 0.05) is 31.7 Å². The molecule has 0 spiro atoms. The van der Waals surface area contributed by atoms with Crippen molar-refractivity contribution in [1.29, 1.82) is 0 Å². The zero-order valence-corrected chi connectivity index (χ0v) is 17.7. The van der Waals surface area contributed by atoms with E-state index in [-0.39, 0.29) is 18.4 Å². The number of para-hydroxylation sites is 2. The van der Waals surface area contributed by atoms with Crippen molar-refractivity contribution in [1.82, 2.24) is 9.80 Å². The molecule has 1 unspecified atom stereocenters. The lowest BCUT2D eigenvalue weighted by Crippen LogP contribution is -2.47. The normalized spacial score (nSPS) is 18.2. The van der Waals surface area contributed by atoms with Gasteiger partial charge in [0.2, 0.25) is 6.10 Å². The van der Waals surface area contributed by atoms with Crippen LogP contribution in [0.2, 0.25) is 0 Å². The standard InChI is InChI=1S/C23H26N2O6/c1-28-17-9-8-16(14-20(17)29-2)22(26)24-10-5-11-25(13-12-24)23(27)21-15-30-18-6-3-4-7-19(18)31-21/h3-4,6-9,14,21H,5,10-13,15H2,1-2H3. The summed E-state index contributed by atoms with van der Waals surface area (Å²) < 4.78 is 22.1. The van der Waals surface area contributed by atoms with E-state index in [0.717, 1.165) is 0 Å². The number of ether oxygens (including phenoxy) is 4. The molecular weight excluding hydrogens is 400 g/mol. The number of carbonyl (C=O) groups excluding carboxylic acids is 2. The van der Waals surface area contributed by atoms with Crippen molar-refractivity contribution >= 4 is 11.8 Å². The molecule has 1 saturated heterocycles. The van der Waals surface area contributed by atoms with Crippen molar-refractivity contribution < 1.29 is 28.5 Å². The summed E-state index contributed by atoms with van der Waals surface area (Å²) in [5.41, 5.74) is 0.526. The van der Waals surface area contributed by atoms with E-state index in [1.807, 2.05) is 18.2 Å². The van der Waals surface area contributed by atoms with Crippen molar-refractivity contribution in [2.75, 3.05) is 47.0 Å². The number of hydrogen-bond acceptors (Lipinski definition) is 6. The fraction of sp³-hybridized carbons (Fsp3) is 0.391. The lowest BCUT2D eigenvalue weighted by Gasteiger charge is -2.30. The molecule has 2 heterocycles. The Hall–Kier alpha value is -3.42. The minimum atomic E-state index is -0.678. The molecule has 0 N–H and O–H groups in total. The molecule has 0 radical (unpaired) electrons. The van der Waals surface area contributed by atoms with Gasteiger partial charge in [-0.15, -0.1) is 0 Å². The lowest BCUT2D eigenvalue weighted by atomic mass is 10.1. The quantitative estimate of drug-likeness (QED) is 0.746. The first kappa shape index (κ1) is 20.8. The molecule has 0 bridgehead atoms. The summed E-state index contributed by atoms with van der Waals surface area (Å²) in [7, 11) is 3.09. The summed E-state index contributed by atoms with van der Waals surface area (Å²) in [6.07, 6.45) is 0.0116. The first-order valence-corrected chi connectivity index (χ1v) is 10.3. The van der Waals surface area contributed by atoms with Crippen LogP contribution in [0.4, 0.5) is 0 Å². The van der Waals surface area contributed by atoms with Crippen LogP contribution in [0.15, 0.2) is 42.5 Å². The zero-order chi connectivity index (χ0) is 21.8.